The van der Waals surface area contributed by atoms with Crippen molar-refractivity contribution in [3.8, 4) is 0 Å². The van der Waals surface area contributed by atoms with Gasteiger partial charge in [-0.25, -0.2) is 0 Å². The smallest absolute Gasteiger partial charge is 0.417 e. The Morgan fingerprint density at radius 3 is 2.28 bits per heavy atom. The normalized spacial score (nSPS) is 12.9. The molecule has 15 heteroatoms. The Morgan fingerprint density at radius 1 is 1.25 bits per heavy atom. The number of pyridine rings is 1. The van der Waals surface area contributed by atoms with Crippen LogP contribution in [-0.4, -0.2) is 47.1 Å². The van der Waals surface area contributed by atoms with Gasteiger partial charge in [0.25, 0.3) is 0 Å². The monoisotopic (exact) mass is 574 g/mol. The fourth-order valence-electron chi connectivity index (χ4n) is 2.55. The van der Waals surface area contributed by atoms with Crippen molar-refractivity contribution in [1.29, 1.82) is 0 Å². The molecule has 9 nitrogen and oxygen atoms in total. The maximum Gasteiger partial charge on any atom is 0.417 e. The highest BCUT2D eigenvalue weighted by Gasteiger charge is 2.32. The number of carboxylic acids is 1. The number of hydrogen-bond acceptors (Lipinski definition) is 8. The fraction of sp³-hybridized carbons (Fsp3) is 0.476. The second kappa shape index (κ2) is 12.8. The SMILES string of the molecule is CC(C)(C)OC(=O)C(CCCN)C(=O)O.O=S(=O)(O)c1ccc(Cc2ncc(C(F)(F)F)cc2Cl)s1. The Balaban J connectivity index is 0.000000384. The van der Waals surface area contributed by atoms with Gasteiger partial charge in [-0.2, -0.15) is 21.6 Å². The first kappa shape index (κ1) is 31.8. The summed E-state index contributed by atoms with van der Waals surface area (Å²) in [6.07, 6.45) is -3.08. The summed E-state index contributed by atoms with van der Waals surface area (Å²) in [6.45, 7) is 5.47. The lowest BCUT2D eigenvalue weighted by molar-refractivity contribution is -0.167. The Labute approximate surface area is 215 Å². The average molecular weight is 575 g/mol. The van der Waals surface area contributed by atoms with Crippen molar-refractivity contribution in [3.63, 3.8) is 0 Å². The fourth-order valence-corrected chi connectivity index (χ4v) is 4.50. The maximum atomic E-state index is 12.5. The minimum Gasteiger partial charge on any atom is -0.481 e. The molecule has 2 aromatic heterocycles. The quantitative estimate of drug-likeness (QED) is 0.236. The topological polar surface area (TPSA) is 157 Å². The predicted octanol–water partition coefficient (Wildman–Crippen LogP) is 4.42. The minimum absolute atomic E-state index is 0.0666. The number of esters is 1. The van der Waals surface area contributed by atoms with E-state index in [1.54, 1.807) is 20.8 Å². The van der Waals surface area contributed by atoms with Gasteiger partial charge in [-0.15, -0.1) is 11.3 Å². The van der Waals surface area contributed by atoms with E-state index in [9.17, 15) is 31.2 Å². The van der Waals surface area contributed by atoms with Crippen LogP contribution in [0.3, 0.4) is 0 Å². The third-order valence-corrected chi connectivity index (χ3v) is 6.90. The molecule has 36 heavy (non-hydrogen) atoms. The minimum atomic E-state index is -4.53. The Kier molecular flexibility index (Phi) is 11.3. The Hall–Kier alpha value is -2.26. The van der Waals surface area contributed by atoms with E-state index in [2.05, 4.69) is 4.98 Å². The van der Waals surface area contributed by atoms with E-state index in [4.69, 9.17) is 31.7 Å². The second-order valence-electron chi connectivity index (χ2n) is 8.38. The Bertz CT molecular complexity index is 1160. The molecule has 0 fully saturated rings. The molecular weight excluding hydrogens is 549 g/mol. The van der Waals surface area contributed by atoms with Gasteiger partial charge in [0.1, 0.15) is 9.81 Å². The molecule has 0 aliphatic carbocycles. The van der Waals surface area contributed by atoms with Gasteiger partial charge in [0, 0.05) is 17.5 Å². The molecule has 202 valence electrons. The summed E-state index contributed by atoms with van der Waals surface area (Å²) in [4.78, 5) is 26.4. The summed E-state index contributed by atoms with van der Waals surface area (Å²) in [7, 11) is -4.29. The highest BCUT2D eigenvalue weighted by atomic mass is 35.5. The lowest BCUT2D eigenvalue weighted by Crippen LogP contribution is -2.33. The van der Waals surface area contributed by atoms with Crippen LogP contribution in [-0.2, 0) is 37.0 Å². The number of carbonyl (C=O) groups is 2. The molecule has 0 radical (unpaired) electrons. The van der Waals surface area contributed by atoms with Crippen LogP contribution in [0.4, 0.5) is 13.2 Å². The lowest BCUT2D eigenvalue weighted by atomic mass is 10.0. The molecule has 1 atom stereocenters. The number of ether oxygens (including phenoxy) is 1. The number of carbonyl (C=O) groups excluding carboxylic acids is 1. The summed E-state index contributed by atoms with van der Waals surface area (Å²) < 4.78 is 72.9. The van der Waals surface area contributed by atoms with E-state index >= 15 is 0 Å². The summed E-state index contributed by atoms with van der Waals surface area (Å²) in [5.41, 5.74) is 3.83. The summed E-state index contributed by atoms with van der Waals surface area (Å²) in [5.74, 6) is -2.95. The Morgan fingerprint density at radius 2 is 1.86 bits per heavy atom. The van der Waals surface area contributed by atoms with E-state index in [0.717, 1.165) is 17.4 Å². The maximum absolute atomic E-state index is 12.5. The molecule has 0 spiro atoms. The van der Waals surface area contributed by atoms with Gasteiger partial charge in [0.2, 0.25) is 0 Å². The number of thiophene rings is 1. The van der Waals surface area contributed by atoms with E-state index < -0.39 is 45.3 Å². The first-order valence-electron chi connectivity index (χ1n) is 10.3. The predicted molar refractivity (Wildman–Crippen MR) is 126 cm³/mol. The molecule has 0 aromatic carbocycles. The van der Waals surface area contributed by atoms with E-state index in [0.29, 0.717) is 24.0 Å². The van der Waals surface area contributed by atoms with Crippen LogP contribution in [0.25, 0.3) is 0 Å². The van der Waals surface area contributed by atoms with Crippen LogP contribution in [0.5, 0.6) is 0 Å². The van der Waals surface area contributed by atoms with Gasteiger partial charge in [-0.1, -0.05) is 11.6 Å². The number of aliphatic carboxylic acids is 1. The molecule has 2 heterocycles. The summed E-state index contributed by atoms with van der Waals surface area (Å²) in [5, 5.41) is 8.66. The number of carboxylic acid groups (broad SMARTS) is 1. The molecule has 2 rings (SSSR count). The van der Waals surface area contributed by atoms with Crippen LogP contribution in [0.1, 0.15) is 49.7 Å². The van der Waals surface area contributed by atoms with E-state index in [1.165, 1.54) is 12.1 Å². The second-order valence-corrected chi connectivity index (χ2v) is 11.6. The molecular formula is C21H26ClF3N2O7S2. The van der Waals surface area contributed by atoms with Gasteiger partial charge in [0.05, 0.1) is 16.3 Å². The number of hydrogen-bond donors (Lipinski definition) is 3. The van der Waals surface area contributed by atoms with Gasteiger partial charge in [-0.3, -0.25) is 19.1 Å². The van der Waals surface area contributed by atoms with Crippen LogP contribution in [0.2, 0.25) is 5.02 Å². The van der Waals surface area contributed by atoms with Crippen molar-refractivity contribution in [3.05, 3.63) is 45.6 Å². The molecule has 0 aliphatic rings. The van der Waals surface area contributed by atoms with Crippen LogP contribution < -0.4 is 5.73 Å². The molecule has 1 unspecified atom stereocenters. The van der Waals surface area contributed by atoms with Crippen molar-refractivity contribution in [2.24, 2.45) is 11.7 Å². The highest BCUT2D eigenvalue weighted by Crippen LogP contribution is 2.32. The number of nitrogens with zero attached hydrogens (tertiary/aromatic N) is 1. The standard InChI is InChI=1S/C11H7ClF3NO3S2.C10H19NO4/c12-8-3-6(11(13,14)15)5-16-9(8)4-7-1-2-10(20-7)21(17,18)19;1-10(2,3)15-9(14)7(8(12)13)5-4-6-11/h1-3,5H,4H2,(H,17,18,19);7H,4-6,11H2,1-3H3,(H,12,13). The number of aromatic nitrogens is 1. The molecule has 0 amide bonds. The molecule has 0 saturated carbocycles. The van der Waals surface area contributed by atoms with E-state index in [-0.39, 0.29) is 27.8 Å². The van der Waals surface area contributed by atoms with E-state index in [1.807, 2.05) is 0 Å². The third kappa shape index (κ3) is 10.8. The van der Waals surface area contributed by atoms with Crippen molar-refractivity contribution >= 4 is 45.0 Å². The first-order chi connectivity index (χ1) is 16.3. The summed E-state index contributed by atoms with van der Waals surface area (Å²) >= 11 is 6.55. The number of halogens is 4. The van der Waals surface area contributed by atoms with Crippen molar-refractivity contribution in [2.75, 3.05) is 6.54 Å². The molecule has 4 N–H and O–H groups in total. The van der Waals surface area contributed by atoms with Gasteiger partial charge >= 0.3 is 28.2 Å². The first-order valence-corrected chi connectivity index (χ1v) is 12.9. The zero-order valence-corrected chi connectivity index (χ0v) is 21.9. The zero-order chi connectivity index (χ0) is 27.9. The van der Waals surface area contributed by atoms with Crippen LogP contribution in [0.15, 0.2) is 28.6 Å². The number of nitrogens with two attached hydrogens (primary N) is 1. The largest absolute Gasteiger partial charge is 0.481 e. The summed E-state index contributed by atoms with van der Waals surface area (Å²) in [6, 6.07) is 3.40. The number of rotatable bonds is 8. The van der Waals surface area contributed by atoms with Gasteiger partial charge in [-0.05, 0) is 58.4 Å². The third-order valence-electron chi connectivity index (χ3n) is 4.16. The van der Waals surface area contributed by atoms with Crippen LogP contribution >= 0.6 is 22.9 Å². The molecule has 2 aromatic rings. The molecule has 0 aliphatic heterocycles. The number of alkyl halides is 3. The molecule has 0 bridgehead atoms. The molecule has 0 saturated heterocycles. The zero-order valence-electron chi connectivity index (χ0n) is 19.5. The van der Waals surface area contributed by atoms with Gasteiger partial charge in [0.15, 0.2) is 5.92 Å². The van der Waals surface area contributed by atoms with Crippen molar-refractivity contribution < 1.29 is 45.6 Å². The average Bonchev–Trinajstić information content (AvgIpc) is 3.17. The van der Waals surface area contributed by atoms with Crippen LogP contribution in [0, 0.1) is 5.92 Å². The van der Waals surface area contributed by atoms with Crippen molar-refractivity contribution in [1.82, 2.24) is 4.98 Å². The van der Waals surface area contributed by atoms with Crippen molar-refractivity contribution in [2.45, 2.75) is 56.0 Å². The van der Waals surface area contributed by atoms with Gasteiger partial charge < -0.3 is 15.6 Å². The lowest BCUT2D eigenvalue weighted by Gasteiger charge is -2.22. The highest BCUT2D eigenvalue weighted by molar-refractivity contribution is 7.88.